The van der Waals surface area contributed by atoms with Crippen LogP contribution in [0.15, 0.2) is 41.5 Å². The maximum absolute atomic E-state index is 12.2. The van der Waals surface area contributed by atoms with E-state index in [1.807, 2.05) is 32.0 Å². The van der Waals surface area contributed by atoms with Gasteiger partial charge < -0.3 is 5.11 Å². The van der Waals surface area contributed by atoms with Crippen molar-refractivity contribution in [1.82, 2.24) is 9.13 Å². The number of carbonyl (C=O) groups is 1. The quantitative estimate of drug-likeness (QED) is 0.905. The van der Waals surface area contributed by atoms with Gasteiger partial charge in [-0.1, -0.05) is 24.3 Å². The van der Waals surface area contributed by atoms with Gasteiger partial charge in [-0.2, -0.15) is 0 Å². The van der Waals surface area contributed by atoms with E-state index in [2.05, 4.69) is 0 Å². The molecule has 1 heterocycles. The van der Waals surface area contributed by atoms with Crippen LogP contribution < -0.4 is 5.69 Å². The smallest absolute Gasteiger partial charge is 0.328 e. The van der Waals surface area contributed by atoms with Crippen molar-refractivity contribution in [2.75, 3.05) is 0 Å². The predicted molar refractivity (Wildman–Crippen MR) is 76.0 cm³/mol. The zero-order valence-electron chi connectivity index (χ0n) is 11.6. The van der Waals surface area contributed by atoms with Crippen LogP contribution in [-0.2, 0) is 17.8 Å². The summed E-state index contributed by atoms with van der Waals surface area (Å²) in [6, 6.07) is 7.42. The number of hydrogen-bond donors (Lipinski definition) is 1. The molecule has 2 rings (SSSR count). The van der Waals surface area contributed by atoms with Gasteiger partial charge in [0.25, 0.3) is 0 Å². The highest BCUT2D eigenvalue weighted by Crippen LogP contribution is 2.11. The van der Waals surface area contributed by atoms with Crippen molar-refractivity contribution in [2.45, 2.75) is 32.9 Å². The third-order valence-corrected chi connectivity index (χ3v) is 3.23. The summed E-state index contributed by atoms with van der Waals surface area (Å²) < 4.78 is 3.25. The van der Waals surface area contributed by atoms with Crippen LogP contribution >= 0.6 is 0 Å². The zero-order chi connectivity index (χ0) is 14.7. The highest BCUT2D eigenvalue weighted by atomic mass is 16.4. The Hall–Kier alpha value is -2.30. The number of imidazole rings is 1. The van der Waals surface area contributed by atoms with Crippen molar-refractivity contribution in [2.24, 2.45) is 0 Å². The Morgan fingerprint density at radius 1 is 1.20 bits per heavy atom. The molecule has 1 aromatic heterocycles. The van der Waals surface area contributed by atoms with Crippen LogP contribution in [-0.4, -0.2) is 20.2 Å². The fourth-order valence-electron chi connectivity index (χ4n) is 2.17. The van der Waals surface area contributed by atoms with Gasteiger partial charge in [-0.05, 0) is 25.0 Å². The summed E-state index contributed by atoms with van der Waals surface area (Å²) in [5.41, 5.74) is 1.52. The zero-order valence-corrected chi connectivity index (χ0v) is 11.6. The first-order valence-corrected chi connectivity index (χ1v) is 6.55. The largest absolute Gasteiger partial charge is 0.481 e. The van der Waals surface area contributed by atoms with Gasteiger partial charge >= 0.3 is 11.7 Å². The van der Waals surface area contributed by atoms with Gasteiger partial charge in [0.15, 0.2) is 0 Å². The Kier molecular flexibility index (Phi) is 4.08. The lowest BCUT2D eigenvalue weighted by Gasteiger charge is -2.08. The van der Waals surface area contributed by atoms with Crippen molar-refractivity contribution >= 4 is 5.97 Å². The standard InChI is InChI=1S/C15H18N2O3/c1-11(2)17-8-7-16(15(17)20)10-13-6-4-3-5-12(13)9-14(18)19/h3-8,11H,9-10H2,1-2H3,(H,18,19). The van der Waals surface area contributed by atoms with Gasteiger partial charge in [0, 0.05) is 18.4 Å². The molecule has 0 aliphatic carbocycles. The summed E-state index contributed by atoms with van der Waals surface area (Å²) in [5, 5.41) is 8.92. The van der Waals surface area contributed by atoms with Gasteiger partial charge in [-0.15, -0.1) is 0 Å². The molecular weight excluding hydrogens is 256 g/mol. The minimum Gasteiger partial charge on any atom is -0.481 e. The van der Waals surface area contributed by atoms with Crippen LogP contribution in [0.25, 0.3) is 0 Å². The first kappa shape index (κ1) is 14.1. The molecule has 0 unspecified atom stereocenters. The van der Waals surface area contributed by atoms with E-state index in [0.29, 0.717) is 6.54 Å². The van der Waals surface area contributed by atoms with E-state index in [1.165, 1.54) is 0 Å². The maximum atomic E-state index is 12.2. The van der Waals surface area contributed by atoms with Gasteiger partial charge in [0.1, 0.15) is 0 Å². The molecule has 20 heavy (non-hydrogen) atoms. The number of aromatic nitrogens is 2. The number of benzene rings is 1. The number of hydrogen-bond acceptors (Lipinski definition) is 2. The van der Waals surface area contributed by atoms with Crippen LogP contribution in [0.4, 0.5) is 0 Å². The van der Waals surface area contributed by atoms with Gasteiger partial charge in [-0.3, -0.25) is 13.9 Å². The Bertz CT molecular complexity index is 668. The number of aliphatic carboxylic acids is 1. The maximum Gasteiger partial charge on any atom is 0.328 e. The van der Waals surface area contributed by atoms with Gasteiger partial charge in [0.2, 0.25) is 0 Å². The molecule has 1 N–H and O–H groups in total. The first-order chi connectivity index (χ1) is 9.49. The molecule has 0 aliphatic heterocycles. The van der Waals surface area contributed by atoms with Gasteiger partial charge in [-0.25, -0.2) is 4.79 Å². The van der Waals surface area contributed by atoms with E-state index >= 15 is 0 Å². The van der Waals surface area contributed by atoms with Crippen molar-refractivity contribution in [3.8, 4) is 0 Å². The number of carboxylic acid groups (broad SMARTS) is 1. The molecule has 1 aromatic carbocycles. The Balaban J connectivity index is 2.31. The van der Waals surface area contributed by atoms with E-state index in [4.69, 9.17) is 5.11 Å². The molecule has 0 radical (unpaired) electrons. The molecule has 0 aliphatic rings. The highest BCUT2D eigenvalue weighted by Gasteiger charge is 2.10. The minimum atomic E-state index is -0.871. The van der Waals surface area contributed by atoms with Crippen molar-refractivity contribution in [3.05, 3.63) is 58.3 Å². The fraction of sp³-hybridized carbons (Fsp3) is 0.333. The third-order valence-electron chi connectivity index (χ3n) is 3.23. The number of carboxylic acids is 1. The summed E-state index contributed by atoms with van der Waals surface area (Å²) >= 11 is 0. The molecule has 0 atom stereocenters. The van der Waals surface area contributed by atoms with Gasteiger partial charge in [0.05, 0.1) is 13.0 Å². The molecule has 0 spiro atoms. The second-order valence-electron chi connectivity index (χ2n) is 5.05. The fourth-order valence-corrected chi connectivity index (χ4v) is 2.17. The summed E-state index contributed by atoms with van der Waals surface area (Å²) in [6.07, 6.45) is 3.46. The molecule has 0 saturated carbocycles. The number of rotatable bonds is 5. The van der Waals surface area contributed by atoms with E-state index < -0.39 is 5.97 Å². The average Bonchev–Trinajstić information content (AvgIpc) is 2.73. The highest BCUT2D eigenvalue weighted by molar-refractivity contribution is 5.70. The molecular formula is C15H18N2O3. The van der Waals surface area contributed by atoms with E-state index in [1.54, 1.807) is 27.6 Å². The molecule has 0 fully saturated rings. The van der Waals surface area contributed by atoms with E-state index in [0.717, 1.165) is 11.1 Å². The molecule has 0 saturated heterocycles. The Morgan fingerprint density at radius 3 is 2.40 bits per heavy atom. The summed E-state index contributed by atoms with van der Waals surface area (Å²) in [5.74, 6) is -0.871. The first-order valence-electron chi connectivity index (χ1n) is 6.55. The molecule has 5 nitrogen and oxygen atoms in total. The van der Waals surface area contributed by atoms with Crippen molar-refractivity contribution in [1.29, 1.82) is 0 Å². The average molecular weight is 274 g/mol. The normalized spacial score (nSPS) is 10.9. The van der Waals surface area contributed by atoms with E-state index in [-0.39, 0.29) is 18.2 Å². The second-order valence-corrected chi connectivity index (χ2v) is 5.05. The van der Waals surface area contributed by atoms with E-state index in [9.17, 15) is 9.59 Å². The predicted octanol–water partition coefficient (Wildman–Crippen LogP) is 1.91. The Morgan fingerprint density at radius 2 is 1.85 bits per heavy atom. The summed E-state index contributed by atoms with van der Waals surface area (Å²) in [4.78, 5) is 23.0. The Labute approximate surface area is 117 Å². The van der Waals surface area contributed by atoms with Crippen molar-refractivity contribution in [3.63, 3.8) is 0 Å². The summed E-state index contributed by atoms with van der Waals surface area (Å²) in [6.45, 7) is 4.29. The minimum absolute atomic E-state index is 0.0319. The van der Waals surface area contributed by atoms with Crippen LogP contribution in [0.2, 0.25) is 0 Å². The van der Waals surface area contributed by atoms with Crippen LogP contribution in [0.1, 0.15) is 31.0 Å². The van der Waals surface area contributed by atoms with Crippen molar-refractivity contribution < 1.29 is 9.90 Å². The third kappa shape index (κ3) is 2.99. The van der Waals surface area contributed by atoms with Crippen LogP contribution in [0.3, 0.4) is 0 Å². The lowest BCUT2D eigenvalue weighted by molar-refractivity contribution is -0.136. The molecule has 106 valence electrons. The monoisotopic (exact) mass is 274 g/mol. The van der Waals surface area contributed by atoms with Crippen LogP contribution in [0.5, 0.6) is 0 Å². The lowest BCUT2D eigenvalue weighted by Crippen LogP contribution is -2.25. The number of nitrogens with zero attached hydrogens (tertiary/aromatic N) is 2. The SMILES string of the molecule is CC(C)n1ccn(Cc2ccccc2CC(=O)O)c1=O. The second kappa shape index (κ2) is 5.77. The van der Waals surface area contributed by atoms with Crippen LogP contribution in [0, 0.1) is 0 Å². The summed E-state index contributed by atoms with van der Waals surface area (Å²) in [7, 11) is 0. The molecule has 0 amide bonds. The topological polar surface area (TPSA) is 64.2 Å². The molecule has 5 heteroatoms. The molecule has 0 bridgehead atoms. The molecule has 2 aromatic rings. The lowest BCUT2D eigenvalue weighted by atomic mass is 10.0.